The summed E-state index contributed by atoms with van der Waals surface area (Å²) in [6.45, 7) is 8.03. The first-order chi connectivity index (χ1) is 23.2. The van der Waals surface area contributed by atoms with Gasteiger partial charge in [0, 0.05) is 25.2 Å². The molecule has 0 fully saturated rings. The van der Waals surface area contributed by atoms with Crippen LogP contribution >= 0.6 is 0 Å². The van der Waals surface area contributed by atoms with E-state index in [2.05, 4.69) is 72.9 Å². The monoisotopic (exact) mass is 654 g/mol. The average Bonchev–Trinajstić information content (AvgIpc) is 3.10. The normalized spacial score (nSPS) is 18.4. The van der Waals surface area contributed by atoms with Crippen molar-refractivity contribution in [2.45, 2.75) is 44.7 Å². The first kappa shape index (κ1) is 34.9. The summed E-state index contributed by atoms with van der Waals surface area (Å²) in [4.78, 5) is 4.80. The molecule has 0 bridgehead atoms. The van der Waals surface area contributed by atoms with E-state index >= 15 is 0 Å². The topological polar surface area (TPSA) is 61.9 Å². The number of allylic oxidation sites excluding steroid dienone is 4. The van der Waals surface area contributed by atoms with Crippen LogP contribution in [0, 0.1) is 0 Å². The van der Waals surface area contributed by atoms with E-state index in [0.717, 1.165) is 78.7 Å². The number of nitrogens with zero attached hydrogens (tertiary/aromatic N) is 2. The van der Waals surface area contributed by atoms with Gasteiger partial charge < -0.3 is 28.4 Å². The van der Waals surface area contributed by atoms with Gasteiger partial charge >= 0.3 is 0 Å². The summed E-state index contributed by atoms with van der Waals surface area (Å²) < 4.78 is 34.6. The first-order valence-corrected chi connectivity index (χ1v) is 16.5. The lowest BCUT2D eigenvalue weighted by molar-refractivity contribution is 0.227. The minimum atomic E-state index is 0.188. The largest absolute Gasteiger partial charge is 0.493 e. The quantitative estimate of drug-likeness (QED) is 0.139. The molecule has 5 rings (SSSR count). The predicted molar refractivity (Wildman–Crippen MR) is 191 cm³/mol. The zero-order valence-corrected chi connectivity index (χ0v) is 29.7. The molecule has 2 aliphatic heterocycles. The third-order valence-corrected chi connectivity index (χ3v) is 9.69. The number of ether oxygens (including phenoxy) is 6. The van der Waals surface area contributed by atoms with Gasteiger partial charge in [-0.05, 0) is 123 Å². The lowest BCUT2D eigenvalue weighted by atomic mass is 9.88. The Morgan fingerprint density at radius 3 is 1.75 bits per heavy atom. The number of hydrogen-bond acceptors (Lipinski definition) is 8. The van der Waals surface area contributed by atoms with Gasteiger partial charge in [-0.15, -0.1) is 0 Å². The van der Waals surface area contributed by atoms with E-state index in [-0.39, 0.29) is 12.1 Å². The van der Waals surface area contributed by atoms with Crippen LogP contribution < -0.4 is 28.4 Å². The Morgan fingerprint density at radius 1 is 0.688 bits per heavy atom. The molecule has 8 nitrogen and oxygen atoms in total. The molecule has 0 N–H and O–H groups in total. The van der Waals surface area contributed by atoms with Gasteiger partial charge in [-0.25, -0.2) is 0 Å². The summed E-state index contributed by atoms with van der Waals surface area (Å²) in [6.07, 6.45) is 9.58. The Hall–Kier alpha value is -4.40. The number of likely N-dealkylation sites (N-methyl/N-ethyl adjacent to an activating group) is 2. The number of fused-ring (bicyclic) bond motifs is 2. The van der Waals surface area contributed by atoms with E-state index in [9.17, 15) is 0 Å². The van der Waals surface area contributed by atoms with Crippen LogP contribution in [0.2, 0.25) is 0 Å². The minimum Gasteiger partial charge on any atom is -0.493 e. The SMILES string of the molecule is C=C/C(=C\C=C(/C)Oc1cc(CC2c3cc(OC)c(OC)cc3CCN2C)ccc1OC)CC1c2cc(OC)c(OC)cc2CCN1C. The van der Waals surface area contributed by atoms with Crippen molar-refractivity contribution in [2.24, 2.45) is 0 Å². The number of hydrogen-bond donors (Lipinski definition) is 0. The maximum atomic E-state index is 6.41. The smallest absolute Gasteiger partial charge is 0.169 e. The highest BCUT2D eigenvalue weighted by atomic mass is 16.5. The third kappa shape index (κ3) is 7.50. The summed E-state index contributed by atoms with van der Waals surface area (Å²) >= 11 is 0. The van der Waals surface area contributed by atoms with Crippen LogP contribution in [0.15, 0.2) is 78.6 Å². The van der Waals surface area contributed by atoms with Crippen LogP contribution in [0.5, 0.6) is 34.5 Å². The molecular weight excluding hydrogens is 604 g/mol. The first-order valence-electron chi connectivity index (χ1n) is 16.5. The van der Waals surface area contributed by atoms with E-state index in [1.54, 1.807) is 35.5 Å². The second-order valence-corrected chi connectivity index (χ2v) is 12.5. The molecule has 0 aliphatic carbocycles. The van der Waals surface area contributed by atoms with Crippen molar-refractivity contribution in [2.75, 3.05) is 62.7 Å². The van der Waals surface area contributed by atoms with Gasteiger partial charge in [0.1, 0.15) is 5.76 Å². The van der Waals surface area contributed by atoms with Crippen LogP contribution in [0.25, 0.3) is 0 Å². The van der Waals surface area contributed by atoms with E-state index < -0.39 is 0 Å². The highest BCUT2D eigenvalue weighted by Crippen LogP contribution is 2.41. The molecule has 48 heavy (non-hydrogen) atoms. The fourth-order valence-corrected chi connectivity index (χ4v) is 6.86. The highest BCUT2D eigenvalue weighted by Gasteiger charge is 2.29. The van der Waals surface area contributed by atoms with E-state index in [0.29, 0.717) is 11.5 Å². The van der Waals surface area contributed by atoms with Crippen molar-refractivity contribution in [3.8, 4) is 34.5 Å². The summed E-state index contributed by atoms with van der Waals surface area (Å²) in [5.41, 5.74) is 7.39. The Kier molecular flexibility index (Phi) is 11.4. The molecule has 0 spiro atoms. The zero-order chi connectivity index (χ0) is 34.4. The molecule has 3 aromatic carbocycles. The van der Waals surface area contributed by atoms with Crippen LogP contribution in [0.4, 0.5) is 0 Å². The van der Waals surface area contributed by atoms with Crippen LogP contribution in [-0.4, -0.2) is 72.5 Å². The lowest BCUT2D eigenvalue weighted by Gasteiger charge is -2.35. The van der Waals surface area contributed by atoms with Crippen molar-refractivity contribution in [1.29, 1.82) is 0 Å². The molecule has 0 saturated heterocycles. The third-order valence-electron chi connectivity index (χ3n) is 9.69. The Labute approximate surface area is 286 Å². The molecular formula is C40H50N2O6. The lowest BCUT2D eigenvalue weighted by Crippen LogP contribution is -2.33. The van der Waals surface area contributed by atoms with Gasteiger partial charge in [-0.3, -0.25) is 9.80 Å². The molecule has 2 heterocycles. The van der Waals surface area contributed by atoms with Gasteiger partial charge in [-0.2, -0.15) is 0 Å². The molecule has 3 aromatic rings. The minimum absolute atomic E-state index is 0.188. The Morgan fingerprint density at radius 2 is 1.21 bits per heavy atom. The molecule has 2 atom stereocenters. The van der Waals surface area contributed by atoms with Gasteiger partial charge in [0.15, 0.2) is 34.5 Å². The highest BCUT2D eigenvalue weighted by molar-refractivity contribution is 5.52. The number of benzene rings is 3. The van der Waals surface area contributed by atoms with Crippen molar-refractivity contribution < 1.29 is 28.4 Å². The molecule has 0 saturated carbocycles. The molecule has 8 heteroatoms. The van der Waals surface area contributed by atoms with E-state index in [4.69, 9.17) is 28.4 Å². The van der Waals surface area contributed by atoms with E-state index in [1.165, 1.54) is 22.3 Å². The Balaban J connectivity index is 1.35. The van der Waals surface area contributed by atoms with Crippen LogP contribution in [-0.2, 0) is 19.3 Å². The zero-order valence-electron chi connectivity index (χ0n) is 29.7. The van der Waals surface area contributed by atoms with Gasteiger partial charge in [0.05, 0.1) is 35.5 Å². The fraction of sp³-hybridized carbons (Fsp3) is 0.400. The fourth-order valence-electron chi connectivity index (χ4n) is 6.86. The summed E-state index contributed by atoms with van der Waals surface area (Å²) in [5.74, 6) is 5.17. The average molecular weight is 655 g/mol. The predicted octanol–water partition coefficient (Wildman–Crippen LogP) is 7.52. The summed E-state index contributed by atoms with van der Waals surface area (Å²) in [7, 11) is 12.8. The maximum absolute atomic E-state index is 6.41. The van der Waals surface area contributed by atoms with E-state index in [1.807, 2.05) is 25.1 Å². The molecule has 2 unspecified atom stereocenters. The van der Waals surface area contributed by atoms with Crippen molar-refractivity contribution in [1.82, 2.24) is 9.80 Å². The second kappa shape index (κ2) is 15.7. The molecule has 256 valence electrons. The Bertz CT molecular complexity index is 1680. The van der Waals surface area contributed by atoms with Crippen molar-refractivity contribution >= 4 is 0 Å². The van der Waals surface area contributed by atoms with Gasteiger partial charge in [0.2, 0.25) is 0 Å². The molecule has 0 aromatic heterocycles. The molecule has 2 aliphatic rings. The number of methoxy groups -OCH3 is 5. The van der Waals surface area contributed by atoms with Crippen LogP contribution in [0.1, 0.15) is 53.2 Å². The number of rotatable bonds is 13. The summed E-state index contributed by atoms with van der Waals surface area (Å²) in [5, 5.41) is 0. The van der Waals surface area contributed by atoms with Crippen molar-refractivity contribution in [3.05, 3.63) is 106 Å². The van der Waals surface area contributed by atoms with Crippen LogP contribution in [0.3, 0.4) is 0 Å². The van der Waals surface area contributed by atoms with Gasteiger partial charge in [0.25, 0.3) is 0 Å². The molecule has 0 amide bonds. The standard InChI is InChI=1S/C40H50N2O6/c1-10-27(19-33-31-24-38(46-8)36(44-6)22-29(31)15-17-41(33)3)12-11-26(2)48-40-21-28(13-14-35(40)43-5)20-34-32-25-39(47-9)37(45-7)23-30(32)16-18-42(34)4/h10-14,21-25,33-34H,1,15-20H2,2-9H3/b26-11+,27-12+. The molecule has 0 radical (unpaired) electrons. The van der Waals surface area contributed by atoms with Crippen molar-refractivity contribution in [3.63, 3.8) is 0 Å². The summed E-state index contributed by atoms with van der Waals surface area (Å²) in [6, 6.07) is 15.1. The second-order valence-electron chi connectivity index (χ2n) is 12.5. The maximum Gasteiger partial charge on any atom is 0.169 e. The van der Waals surface area contributed by atoms with Gasteiger partial charge in [-0.1, -0.05) is 24.8 Å².